The molecule has 1 aliphatic heterocycles. The predicted octanol–water partition coefficient (Wildman–Crippen LogP) is 3.27. The number of H-pyrrole nitrogens is 1. The topological polar surface area (TPSA) is 119 Å². The van der Waals surface area contributed by atoms with Crippen molar-refractivity contribution in [2.24, 2.45) is 0 Å². The van der Waals surface area contributed by atoms with Crippen LogP contribution in [0.1, 0.15) is 23.6 Å². The summed E-state index contributed by atoms with van der Waals surface area (Å²) < 4.78 is 12.2. The van der Waals surface area contributed by atoms with Gasteiger partial charge in [0, 0.05) is 31.0 Å². The first-order chi connectivity index (χ1) is 18.1. The van der Waals surface area contributed by atoms with E-state index < -0.39 is 0 Å². The Kier molecular flexibility index (Phi) is 5.76. The summed E-state index contributed by atoms with van der Waals surface area (Å²) in [6.45, 7) is 0.749. The third-order valence-electron chi connectivity index (χ3n) is 6.57. The van der Waals surface area contributed by atoms with Gasteiger partial charge in [-0.25, -0.2) is 9.50 Å². The molecule has 4 heterocycles. The van der Waals surface area contributed by atoms with Gasteiger partial charge in [0.25, 0.3) is 5.56 Å². The molecule has 1 aliphatic rings. The third-order valence-corrected chi connectivity index (χ3v) is 6.57. The van der Waals surface area contributed by atoms with E-state index in [-0.39, 0.29) is 17.9 Å². The number of aromatic nitrogens is 5. The van der Waals surface area contributed by atoms with Crippen LogP contribution in [0.2, 0.25) is 0 Å². The van der Waals surface area contributed by atoms with Gasteiger partial charge in [-0.2, -0.15) is 4.98 Å². The first-order valence-corrected chi connectivity index (χ1v) is 12.0. The zero-order valence-corrected chi connectivity index (χ0v) is 20.2. The molecule has 10 nitrogen and oxygen atoms in total. The van der Waals surface area contributed by atoms with E-state index >= 15 is 0 Å². The van der Waals surface area contributed by atoms with Crippen LogP contribution >= 0.6 is 0 Å². The Balaban J connectivity index is 1.16. The van der Waals surface area contributed by atoms with Gasteiger partial charge in [0.1, 0.15) is 5.75 Å². The highest BCUT2D eigenvalue weighted by molar-refractivity contribution is 5.76. The standard InChI is InChI=1S/C27H24N6O4/c1-36-22-10-6-5-9-19(22)26-29-24(37-31-26)11-12-25(34)32-14-13-18-21(16-32)28-23-15-20(30-33(23)27(18)35)17-7-3-2-4-8-17/h2-10,15,30H,11-14,16H2,1H3. The molecule has 6 rings (SSSR count). The highest BCUT2D eigenvalue weighted by Gasteiger charge is 2.26. The summed E-state index contributed by atoms with van der Waals surface area (Å²) in [5.74, 6) is 1.39. The lowest BCUT2D eigenvalue weighted by Gasteiger charge is -2.27. The predicted molar refractivity (Wildman–Crippen MR) is 135 cm³/mol. The summed E-state index contributed by atoms with van der Waals surface area (Å²) in [4.78, 5) is 37.0. The van der Waals surface area contributed by atoms with Crippen molar-refractivity contribution in [1.82, 2.24) is 29.6 Å². The SMILES string of the molecule is COc1ccccc1-c1noc(CCC(=O)N2CCc3c(nc4cc(-c5ccccc5)[nH]n4c3=O)C2)n1. The van der Waals surface area contributed by atoms with Crippen LogP contribution in [0.15, 0.2) is 70.0 Å². The van der Waals surface area contributed by atoms with Crippen LogP contribution in [-0.4, -0.2) is 49.2 Å². The van der Waals surface area contributed by atoms with Crippen molar-refractivity contribution in [2.45, 2.75) is 25.8 Å². The van der Waals surface area contributed by atoms with E-state index in [4.69, 9.17) is 14.2 Å². The Labute approximate surface area is 211 Å². The second-order valence-corrected chi connectivity index (χ2v) is 8.85. The fraction of sp³-hybridized carbons (Fsp3) is 0.222. The Hall–Kier alpha value is -4.73. The Morgan fingerprint density at radius 2 is 1.92 bits per heavy atom. The molecule has 0 unspecified atom stereocenters. The smallest absolute Gasteiger partial charge is 0.276 e. The van der Waals surface area contributed by atoms with Gasteiger partial charge in [0.2, 0.25) is 17.6 Å². The number of ether oxygens (including phenoxy) is 1. The van der Waals surface area contributed by atoms with Crippen molar-refractivity contribution in [3.8, 4) is 28.4 Å². The van der Waals surface area contributed by atoms with Gasteiger partial charge >= 0.3 is 0 Å². The van der Waals surface area contributed by atoms with Gasteiger partial charge in [0.15, 0.2) is 5.65 Å². The lowest BCUT2D eigenvalue weighted by molar-refractivity contribution is -0.132. The van der Waals surface area contributed by atoms with Crippen molar-refractivity contribution in [1.29, 1.82) is 0 Å². The Morgan fingerprint density at radius 1 is 1.11 bits per heavy atom. The van der Waals surface area contributed by atoms with Crippen LogP contribution in [0.25, 0.3) is 28.3 Å². The number of para-hydroxylation sites is 1. The van der Waals surface area contributed by atoms with E-state index in [1.807, 2.05) is 60.7 Å². The minimum atomic E-state index is -0.121. The molecule has 0 atom stereocenters. The average Bonchev–Trinajstić information content (AvgIpc) is 3.60. The summed E-state index contributed by atoms with van der Waals surface area (Å²) in [6, 6.07) is 19.0. The van der Waals surface area contributed by atoms with Gasteiger partial charge in [0.05, 0.1) is 30.6 Å². The summed E-state index contributed by atoms with van der Waals surface area (Å²) in [6.07, 6.45) is 0.984. The fourth-order valence-corrected chi connectivity index (χ4v) is 4.64. The van der Waals surface area contributed by atoms with Gasteiger partial charge in [-0.05, 0) is 24.1 Å². The van der Waals surface area contributed by atoms with Crippen LogP contribution in [0, 0.1) is 0 Å². The number of methoxy groups -OCH3 is 1. The lowest BCUT2D eigenvalue weighted by Crippen LogP contribution is -2.39. The highest BCUT2D eigenvalue weighted by Crippen LogP contribution is 2.27. The molecule has 1 amide bonds. The zero-order chi connectivity index (χ0) is 25.4. The molecule has 37 heavy (non-hydrogen) atoms. The number of fused-ring (bicyclic) bond motifs is 2. The zero-order valence-electron chi connectivity index (χ0n) is 20.2. The minimum Gasteiger partial charge on any atom is -0.496 e. The number of hydrogen-bond acceptors (Lipinski definition) is 7. The molecule has 1 N–H and O–H groups in total. The highest BCUT2D eigenvalue weighted by atomic mass is 16.5. The van der Waals surface area contributed by atoms with Gasteiger partial charge in [-0.3, -0.25) is 14.7 Å². The average molecular weight is 497 g/mol. The molecule has 0 fully saturated rings. The summed E-state index contributed by atoms with van der Waals surface area (Å²) >= 11 is 0. The van der Waals surface area contributed by atoms with E-state index in [0.29, 0.717) is 60.3 Å². The fourth-order valence-electron chi connectivity index (χ4n) is 4.64. The number of nitrogens with one attached hydrogen (secondary N) is 1. The number of aryl methyl sites for hydroxylation is 1. The molecule has 0 aliphatic carbocycles. The molecule has 0 spiro atoms. The molecule has 5 aromatic rings. The monoisotopic (exact) mass is 496 g/mol. The van der Waals surface area contributed by atoms with Crippen LogP contribution in [0.5, 0.6) is 5.75 Å². The van der Waals surface area contributed by atoms with Crippen molar-refractivity contribution in [3.05, 3.63) is 88.2 Å². The summed E-state index contributed by atoms with van der Waals surface area (Å²) in [5, 5.41) is 7.19. The molecule has 0 bridgehead atoms. The Bertz CT molecular complexity index is 1650. The molecule has 2 aromatic carbocycles. The van der Waals surface area contributed by atoms with Gasteiger partial charge in [-0.1, -0.05) is 47.6 Å². The normalized spacial score (nSPS) is 13.1. The maximum atomic E-state index is 13.1. The van der Waals surface area contributed by atoms with Crippen LogP contribution < -0.4 is 10.3 Å². The third kappa shape index (κ3) is 4.26. The molecule has 0 saturated carbocycles. The molecule has 0 radical (unpaired) electrons. The number of hydrogen-bond donors (Lipinski definition) is 1. The number of carbonyl (C=O) groups is 1. The maximum absolute atomic E-state index is 13.1. The first-order valence-electron chi connectivity index (χ1n) is 12.0. The van der Waals surface area contributed by atoms with Crippen LogP contribution in [-0.2, 0) is 24.2 Å². The van der Waals surface area contributed by atoms with E-state index in [9.17, 15) is 9.59 Å². The van der Waals surface area contributed by atoms with Crippen LogP contribution in [0.4, 0.5) is 0 Å². The maximum Gasteiger partial charge on any atom is 0.276 e. The molecular formula is C27H24N6O4. The summed E-state index contributed by atoms with van der Waals surface area (Å²) in [7, 11) is 1.59. The molecule has 0 saturated heterocycles. The number of carbonyl (C=O) groups excluding carboxylic acids is 1. The molecular weight excluding hydrogens is 472 g/mol. The number of amides is 1. The Morgan fingerprint density at radius 3 is 2.76 bits per heavy atom. The van der Waals surface area contributed by atoms with Crippen molar-refractivity contribution in [2.75, 3.05) is 13.7 Å². The molecule has 10 heteroatoms. The quantitative estimate of drug-likeness (QED) is 0.383. The van der Waals surface area contributed by atoms with E-state index in [0.717, 1.165) is 16.8 Å². The largest absolute Gasteiger partial charge is 0.496 e. The van der Waals surface area contributed by atoms with E-state index in [1.165, 1.54) is 4.52 Å². The van der Waals surface area contributed by atoms with E-state index in [1.54, 1.807) is 12.0 Å². The van der Waals surface area contributed by atoms with Gasteiger partial charge < -0.3 is 14.2 Å². The molecule has 186 valence electrons. The number of aromatic amines is 1. The number of benzene rings is 2. The molecule has 3 aromatic heterocycles. The van der Waals surface area contributed by atoms with Gasteiger partial charge in [-0.15, -0.1) is 0 Å². The second kappa shape index (κ2) is 9.38. The van der Waals surface area contributed by atoms with Crippen LogP contribution in [0.3, 0.4) is 0 Å². The lowest BCUT2D eigenvalue weighted by atomic mass is 10.1. The summed E-state index contributed by atoms with van der Waals surface area (Å²) in [5.41, 5.74) is 4.20. The minimum absolute atomic E-state index is 0.0521. The second-order valence-electron chi connectivity index (χ2n) is 8.85. The number of nitrogens with zero attached hydrogens (tertiary/aromatic N) is 5. The number of rotatable bonds is 6. The van der Waals surface area contributed by atoms with E-state index in [2.05, 4.69) is 15.2 Å². The van der Waals surface area contributed by atoms with Crippen molar-refractivity contribution >= 4 is 11.6 Å². The first kappa shape index (κ1) is 22.7. The van der Waals surface area contributed by atoms with Crippen molar-refractivity contribution < 1.29 is 14.1 Å². The van der Waals surface area contributed by atoms with Crippen molar-refractivity contribution in [3.63, 3.8) is 0 Å².